The van der Waals surface area contributed by atoms with Crippen molar-refractivity contribution in [2.24, 2.45) is 10.9 Å². The molecule has 0 spiro atoms. The number of β-amino-alcohol motifs (C(OH)–C–C–N with tert-alkyl or cyclic N) is 1. The van der Waals surface area contributed by atoms with Crippen LogP contribution in [0.4, 0.5) is 0 Å². The van der Waals surface area contributed by atoms with Crippen LogP contribution in [0.15, 0.2) is 16.8 Å². The van der Waals surface area contributed by atoms with Gasteiger partial charge in [-0.3, -0.25) is 5.21 Å². The first kappa shape index (κ1) is 15.8. The largest absolute Gasteiger partial charge is 0.391 e. The van der Waals surface area contributed by atoms with Crippen molar-refractivity contribution in [2.45, 2.75) is 31.8 Å². The first-order valence-electron chi connectivity index (χ1n) is 7.52. The molecule has 0 aromatic heterocycles. The van der Waals surface area contributed by atoms with E-state index in [1.165, 1.54) is 25.5 Å². The lowest BCUT2D eigenvalue weighted by atomic mass is 10.1. The quantitative estimate of drug-likeness (QED) is 0.210. The summed E-state index contributed by atoms with van der Waals surface area (Å²) in [5.74, 6) is 0.207. The minimum Gasteiger partial charge on any atom is -0.391 e. The lowest BCUT2D eigenvalue weighted by Crippen LogP contribution is -2.38. The molecule has 2 heterocycles. The summed E-state index contributed by atoms with van der Waals surface area (Å²) in [5, 5.41) is 23.1. The van der Waals surface area contributed by atoms with Crippen molar-refractivity contribution in [2.75, 3.05) is 32.8 Å². The molecule has 0 aliphatic carbocycles. The lowest BCUT2D eigenvalue weighted by molar-refractivity contribution is -0.771. The molecule has 1 fully saturated rings. The van der Waals surface area contributed by atoms with Gasteiger partial charge in [-0.25, -0.2) is 0 Å². The molecule has 4 N–H and O–H groups in total. The third kappa shape index (κ3) is 5.35. The summed E-state index contributed by atoms with van der Waals surface area (Å²) in [7, 11) is 0. The normalized spacial score (nSPS) is 22.4. The molecule has 1 atom stereocenters. The number of nitrogens with two attached hydrogens (primary N) is 1. The van der Waals surface area contributed by atoms with Gasteiger partial charge in [0.2, 0.25) is 6.21 Å². The van der Waals surface area contributed by atoms with Crippen molar-refractivity contribution in [1.29, 1.82) is 0 Å². The Morgan fingerprint density at radius 2 is 2.19 bits per heavy atom. The predicted molar refractivity (Wildman–Crippen MR) is 79.6 cm³/mol. The molecule has 2 aliphatic rings. The van der Waals surface area contributed by atoms with Crippen LogP contribution in [0, 0.1) is 0 Å². The number of rotatable bonds is 6. The van der Waals surface area contributed by atoms with Gasteiger partial charge in [-0.2, -0.15) is 0 Å². The summed E-state index contributed by atoms with van der Waals surface area (Å²) in [6.45, 7) is 3.35. The predicted octanol–water partition coefficient (Wildman–Crippen LogP) is -0.0754. The van der Waals surface area contributed by atoms with E-state index < -0.39 is 6.10 Å². The van der Waals surface area contributed by atoms with Crippen molar-refractivity contribution in [3.8, 4) is 0 Å². The molecule has 1 unspecified atom stereocenters. The monoisotopic (exact) mass is 297 g/mol. The maximum Gasteiger partial charge on any atom is 0.226 e. The lowest BCUT2D eigenvalue weighted by Gasteiger charge is -2.27. The maximum absolute atomic E-state index is 9.92. The van der Waals surface area contributed by atoms with Gasteiger partial charge in [0, 0.05) is 13.0 Å². The topological polar surface area (TPSA) is 94.3 Å². The number of oxime groups is 1. The van der Waals surface area contributed by atoms with E-state index in [1.54, 1.807) is 0 Å². The zero-order valence-electron chi connectivity index (χ0n) is 12.3. The molecule has 0 saturated carbocycles. The van der Waals surface area contributed by atoms with E-state index in [0.717, 1.165) is 17.8 Å². The fraction of sp³-hybridized carbons (Fsp3) is 0.714. The first-order valence-corrected chi connectivity index (χ1v) is 7.52. The molecule has 118 valence electrons. The summed E-state index contributed by atoms with van der Waals surface area (Å²) in [6.07, 6.45) is 7.20. The van der Waals surface area contributed by atoms with Gasteiger partial charge in [0.1, 0.15) is 12.7 Å². The number of likely N-dealkylation sites (tertiary alicyclic amines) is 1. The summed E-state index contributed by atoms with van der Waals surface area (Å²) in [5.41, 5.74) is 6.41. The highest BCUT2D eigenvalue weighted by atomic mass is 16.6. The Hall–Kier alpha value is -1.60. The molecule has 2 aliphatic heterocycles. The Kier molecular flexibility index (Phi) is 6.01. The summed E-state index contributed by atoms with van der Waals surface area (Å²) < 4.78 is 1.07. The van der Waals surface area contributed by atoms with E-state index in [1.807, 2.05) is 6.08 Å². The van der Waals surface area contributed by atoms with Crippen LogP contribution >= 0.6 is 0 Å². The van der Waals surface area contributed by atoms with Gasteiger partial charge in [-0.1, -0.05) is 17.7 Å². The SMILES string of the molecule is N/C(=N\OCC(O)CN1CCCCC1)C1=CCC[N+](O)=C1. The van der Waals surface area contributed by atoms with Gasteiger partial charge in [-0.05, 0) is 30.7 Å². The average molecular weight is 297 g/mol. The molecule has 21 heavy (non-hydrogen) atoms. The molecule has 7 heteroatoms. The molecule has 0 amide bonds. The summed E-state index contributed by atoms with van der Waals surface area (Å²) in [4.78, 5) is 7.35. The van der Waals surface area contributed by atoms with Crippen LogP contribution in [0.5, 0.6) is 0 Å². The number of piperidine rings is 1. The molecular weight excluding hydrogens is 272 g/mol. The molecule has 0 bridgehead atoms. The minimum absolute atomic E-state index is 0.118. The third-order valence-electron chi connectivity index (χ3n) is 3.65. The van der Waals surface area contributed by atoms with Crippen LogP contribution in [0.3, 0.4) is 0 Å². The second-order valence-corrected chi connectivity index (χ2v) is 5.53. The number of hydrogen-bond donors (Lipinski definition) is 3. The fourth-order valence-corrected chi connectivity index (χ4v) is 2.54. The maximum atomic E-state index is 9.92. The summed E-state index contributed by atoms with van der Waals surface area (Å²) in [6, 6.07) is 0. The van der Waals surface area contributed by atoms with Crippen LogP contribution in [0.2, 0.25) is 0 Å². The van der Waals surface area contributed by atoms with Gasteiger partial charge < -0.3 is 20.6 Å². The Balaban J connectivity index is 1.72. The van der Waals surface area contributed by atoms with E-state index in [4.69, 9.17) is 10.6 Å². The second-order valence-electron chi connectivity index (χ2n) is 5.53. The molecule has 0 aromatic rings. The van der Waals surface area contributed by atoms with Crippen LogP contribution in [0.1, 0.15) is 25.7 Å². The Labute approximate surface area is 124 Å². The van der Waals surface area contributed by atoms with Gasteiger partial charge in [0.05, 0.1) is 5.57 Å². The van der Waals surface area contributed by atoms with E-state index in [-0.39, 0.29) is 12.4 Å². The fourth-order valence-electron chi connectivity index (χ4n) is 2.54. The third-order valence-corrected chi connectivity index (χ3v) is 3.65. The Morgan fingerprint density at radius 3 is 2.90 bits per heavy atom. The van der Waals surface area contributed by atoms with Gasteiger partial charge in [0.25, 0.3) is 0 Å². The Morgan fingerprint density at radius 1 is 1.43 bits per heavy atom. The zero-order valence-corrected chi connectivity index (χ0v) is 12.3. The Bertz CT molecular complexity index is 428. The van der Waals surface area contributed by atoms with Crippen LogP contribution in [-0.2, 0) is 4.84 Å². The number of hydroxylamine groups is 1. The van der Waals surface area contributed by atoms with E-state index in [0.29, 0.717) is 25.1 Å². The van der Waals surface area contributed by atoms with Crippen molar-refractivity contribution < 1.29 is 19.9 Å². The molecule has 0 aromatic carbocycles. The van der Waals surface area contributed by atoms with E-state index in [9.17, 15) is 10.3 Å². The highest BCUT2D eigenvalue weighted by molar-refractivity contribution is 6.12. The van der Waals surface area contributed by atoms with Crippen molar-refractivity contribution in [1.82, 2.24) is 4.90 Å². The van der Waals surface area contributed by atoms with E-state index >= 15 is 0 Å². The minimum atomic E-state index is -0.571. The molecule has 2 rings (SSSR count). The number of aliphatic hydroxyl groups excluding tert-OH is 1. The number of nitrogens with zero attached hydrogens (tertiary/aromatic N) is 3. The van der Waals surface area contributed by atoms with E-state index in [2.05, 4.69) is 10.1 Å². The molecular formula is C14H25N4O3+. The highest BCUT2D eigenvalue weighted by Crippen LogP contribution is 2.09. The average Bonchev–Trinajstić information content (AvgIpc) is 2.48. The number of hydrogen-bond acceptors (Lipinski definition) is 5. The van der Waals surface area contributed by atoms with Gasteiger partial charge in [-0.15, -0.1) is 0 Å². The van der Waals surface area contributed by atoms with Gasteiger partial charge >= 0.3 is 0 Å². The number of amidine groups is 1. The molecule has 1 saturated heterocycles. The molecule has 0 radical (unpaired) electrons. The zero-order chi connectivity index (χ0) is 15.1. The smallest absolute Gasteiger partial charge is 0.226 e. The highest BCUT2D eigenvalue weighted by Gasteiger charge is 2.16. The first-order chi connectivity index (χ1) is 10.1. The number of aliphatic hydroxyl groups is 1. The summed E-state index contributed by atoms with van der Waals surface area (Å²) >= 11 is 0. The second kappa shape index (κ2) is 7.99. The van der Waals surface area contributed by atoms with Crippen LogP contribution in [0.25, 0.3) is 0 Å². The standard InChI is InChI=1S/C14H25N4O3/c15-14(12-5-4-8-18(20)9-12)16-21-11-13(19)10-17-6-2-1-3-7-17/h5,9,13,19-20H,1-4,6-8,10-11H2,(H2,15,16)/q+1. The molecule has 7 nitrogen and oxygen atoms in total. The van der Waals surface area contributed by atoms with Crippen LogP contribution in [-0.4, -0.2) is 70.9 Å². The van der Waals surface area contributed by atoms with Crippen molar-refractivity contribution >= 4 is 12.1 Å². The van der Waals surface area contributed by atoms with Gasteiger partial charge in [0.15, 0.2) is 12.4 Å². The van der Waals surface area contributed by atoms with Crippen molar-refractivity contribution in [3.63, 3.8) is 0 Å². The van der Waals surface area contributed by atoms with Crippen LogP contribution < -0.4 is 5.73 Å². The van der Waals surface area contributed by atoms with Crippen molar-refractivity contribution in [3.05, 3.63) is 11.6 Å².